The first-order chi connectivity index (χ1) is 7.75. The molecule has 0 radical (unpaired) electrons. The van der Waals surface area contributed by atoms with Gasteiger partial charge in [-0.15, -0.1) is 0 Å². The molecule has 1 aromatic carbocycles. The van der Waals surface area contributed by atoms with Crippen LogP contribution in [0.4, 0.5) is 0 Å². The van der Waals surface area contributed by atoms with E-state index in [-0.39, 0.29) is 6.04 Å². The predicted molar refractivity (Wildman–Crippen MR) is 66.0 cm³/mol. The number of aromatic nitrogens is 1. The third kappa shape index (κ3) is 2.67. The molecule has 1 aromatic heterocycles. The number of nitrogens with zero attached hydrogens (tertiary/aromatic N) is 1. The minimum Gasteiger partial charge on any atom is -0.324 e. The van der Waals surface area contributed by atoms with E-state index in [4.69, 9.17) is 5.73 Å². The molecule has 1 unspecified atom stereocenters. The van der Waals surface area contributed by atoms with Gasteiger partial charge in [0.25, 0.3) is 0 Å². The molecule has 1 heterocycles. The highest BCUT2D eigenvalue weighted by Crippen LogP contribution is 2.15. The Morgan fingerprint density at radius 2 is 1.88 bits per heavy atom. The lowest BCUT2D eigenvalue weighted by Crippen LogP contribution is -2.13. The number of benzene rings is 1. The third-order valence-electron chi connectivity index (χ3n) is 2.66. The summed E-state index contributed by atoms with van der Waals surface area (Å²) < 4.78 is 0. The Morgan fingerprint density at radius 3 is 2.50 bits per heavy atom. The second-order valence-electron chi connectivity index (χ2n) is 4.03. The van der Waals surface area contributed by atoms with Crippen molar-refractivity contribution in [1.29, 1.82) is 0 Å². The van der Waals surface area contributed by atoms with Crippen molar-refractivity contribution in [2.24, 2.45) is 5.73 Å². The molecule has 0 bridgehead atoms. The van der Waals surface area contributed by atoms with Crippen molar-refractivity contribution < 1.29 is 0 Å². The molecule has 0 amide bonds. The molecule has 0 saturated carbocycles. The average Bonchev–Trinajstić information content (AvgIpc) is 2.33. The lowest BCUT2D eigenvalue weighted by molar-refractivity contribution is 0.719. The van der Waals surface area contributed by atoms with Gasteiger partial charge in [0, 0.05) is 17.9 Å². The fourth-order valence-electron chi connectivity index (χ4n) is 1.69. The SMILES string of the molecule is Cc1ccc(CC(N)c2ccccc2)cn1. The molecular formula is C14H16N2. The van der Waals surface area contributed by atoms with E-state index in [0.717, 1.165) is 12.1 Å². The van der Waals surface area contributed by atoms with Crippen LogP contribution in [0.2, 0.25) is 0 Å². The molecule has 2 nitrogen and oxygen atoms in total. The van der Waals surface area contributed by atoms with Gasteiger partial charge >= 0.3 is 0 Å². The Balaban J connectivity index is 2.08. The van der Waals surface area contributed by atoms with Crippen molar-refractivity contribution in [2.45, 2.75) is 19.4 Å². The Labute approximate surface area is 96.1 Å². The number of hydrogen-bond donors (Lipinski definition) is 1. The molecule has 0 aliphatic carbocycles. The molecule has 0 fully saturated rings. The Bertz CT molecular complexity index is 434. The third-order valence-corrected chi connectivity index (χ3v) is 2.66. The molecule has 0 spiro atoms. The molecule has 0 saturated heterocycles. The summed E-state index contributed by atoms with van der Waals surface area (Å²) in [5, 5.41) is 0. The van der Waals surface area contributed by atoms with Crippen LogP contribution in [0.15, 0.2) is 48.7 Å². The number of aryl methyl sites for hydroxylation is 1. The molecule has 0 aliphatic heterocycles. The summed E-state index contributed by atoms with van der Waals surface area (Å²) in [4.78, 5) is 4.27. The van der Waals surface area contributed by atoms with E-state index in [2.05, 4.69) is 23.2 Å². The van der Waals surface area contributed by atoms with Crippen LogP contribution < -0.4 is 5.73 Å². The molecule has 2 rings (SSSR count). The maximum atomic E-state index is 6.14. The van der Waals surface area contributed by atoms with Gasteiger partial charge in [0.2, 0.25) is 0 Å². The zero-order valence-electron chi connectivity index (χ0n) is 9.43. The highest BCUT2D eigenvalue weighted by molar-refractivity contribution is 5.22. The Hall–Kier alpha value is -1.67. The van der Waals surface area contributed by atoms with Crippen LogP contribution in [0.25, 0.3) is 0 Å². The van der Waals surface area contributed by atoms with E-state index in [9.17, 15) is 0 Å². The Morgan fingerprint density at radius 1 is 1.12 bits per heavy atom. The van der Waals surface area contributed by atoms with E-state index < -0.39 is 0 Å². The van der Waals surface area contributed by atoms with E-state index in [0.29, 0.717) is 0 Å². The van der Waals surface area contributed by atoms with Gasteiger partial charge in [0.05, 0.1) is 0 Å². The summed E-state index contributed by atoms with van der Waals surface area (Å²) in [6, 6.07) is 14.3. The van der Waals surface area contributed by atoms with Crippen LogP contribution in [0.1, 0.15) is 22.9 Å². The smallest absolute Gasteiger partial charge is 0.0372 e. The zero-order chi connectivity index (χ0) is 11.4. The van der Waals surface area contributed by atoms with E-state index in [1.165, 1.54) is 11.1 Å². The number of nitrogens with two attached hydrogens (primary N) is 1. The van der Waals surface area contributed by atoms with Crippen LogP contribution in [-0.2, 0) is 6.42 Å². The maximum Gasteiger partial charge on any atom is 0.0372 e. The normalized spacial score (nSPS) is 12.4. The maximum absolute atomic E-state index is 6.14. The first kappa shape index (κ1) is 10.8. The minimum atomic E-state index is 0.0470. The molecule has 0 aliphatic rings. The largest absolute Gasteiger partial charge is 0.324 e. The molecule has 1 atom stereocenters. The van der Waals surface area contributed by atoms with Crippen molar-refractivity contribution in [3.8, 4) is 0 Å². The molecule has 16 heavy (non-hydrogen) atoms. The molecule has 2 N–H and O–H groups in total. The summed E-state index contributed by atoms with van der Waals surface area (Å²) >= 11 is 0. The van der Waals surface area contributed by atoms with E-state index >= 15 is 0 Å². The molecule has 2 heteroatoms. The first-order valence-corrected chi connectivity index (χ1v) is 5.48. The first-order valence-electron chi connectivity index (χ1n) is 5.48. The van der Waals surface area contributed by atoms with Gasteiger partial charge in [-0.1, -0.05) is 36.4 Å². The number of pyridine rings is 1. The standard InChI is InChI=1S/C14H16N2/c1-11-7-8-12(10-16-11)9-14(15)13-5-3-2-4-6-13/h2-8,10,14H,9,15H2,1H3. The number of rotatable bonds is 3. The van der Waals surface area contributed by atoms with Crippen LogP contribution >= 0.6 is 0 Å². The minimum absolute atomic E-state index is 0.0470. The van der Waals surface area contributed by atoms with E-state index in [1.807, 2.05) is 37.4 Å². The van der Waals surface area contributed by atoms with Gasteiger partial charge in [0.15, 0.2) is 0 Å². The van der Waals surface area contributed by atoms with Crippen molar-refractivity contribution in [1.82, 2.24) is 4.98 Å². The van der Waals surface area contributed by atoms with Gasteiger partial charge in [0.1, 0.15) is 0 Å². The summed E-state index contributed by atoms with van der Waals surface area (Å²) in [7, 11) is 0. The van der Waals surface area contributed by atoms with Gasteiger partial charge in [-0.2, -0.15) is 0 Å². The number of hydrogen-bond acceptors (Lipinski definition) is 2. The summed E-state index contributed by atoms with van der Waals surface area (Å²) in [6.07, 6.45) is 2.73. The molecular weight excluding hydrogens is 196 g/mol. The van der Waals surface area contributed by atoms with Crippen molar-refractivity contribution >= 4 is 0 Å². The lowest BCUT2D eigenvalue weighted by atomic mass is 10.0. The van der Waals surface area contributed by atoms with Gasteiger partial charge in [-0.05, 0) is 30.5 Å². The average molecular weight is 212 g/mol. The highest BCUT2D eigenvalue weighted by Gasteiger charge is 2.06. The van der Waals surface area contributed by atoms with Crippen LogP contribution in [0.5, 0.6) is 0 Å². The predicted octanol–water partition coefficient (Wildman–Crippen LogP) is 2.63. The fourth-order valence-corrected chi connectivity index (χ4v) is 1.69. The van der Waals surface area contributed by atoms with Crippen LogP contribution in [0.3, 0.4) is 0 Å². The Kier molecular flexibility index (Phi) is 3.32. The van der Waals surface area contributed by atoms with Crippen molar-refractivity contribution in [3.05, 3.63) is 65.5 Å². The van der Waals surface area contributed by atoms with Crippen LogP contribution in [0, 0.1) is 6.92 Å². The zero-order valence-corrected chi connectivity index (χ0v) is 9.43. The van der Waals surface area contributed by atoms with Gasteiger partial charge in [-0.3, -0.25) is 4.98 Å². The van der Waals surface area contributed by atoms with E-state index in [1.54, 1.807) is 0 Å². The van der Waals surface area contributed by atoms with Crippen molar-refractivity contribution in [2.75, 3.05) is 0 Å². The second kappa shape index (κ2) is 4.90. The summed E-state index contributed by atoms with van der Waals surface area (Å²) in [5.41, 5.74) is 9.53. The quantitative estimate of drug-likeness (QED) is 0.849. The van der Waals surface area contributed by atoms with Gasteiger partial charge in [-0.25, -0.2) is 0 Å². The molecule has 82 valence electrons. The lowest BCUT2D eigenvalue weighted by Gasteiger charge is -2.11. The summed E-state index contributed by atoms with van der Waals surface area (Å²) in [5.74, 6) is 0. The highest BCUT2D eigenvalue weighted by atomic mass is 14.7. The van der Waals surface area contributed by atoms with Gasteiger partial charge < -0.3 is 5.73 Å². The monoisotopic (exact) mass is 212 g/mol. The second-order valence-corrected chi connectivity index (χ2v) is 4.03. The molecule has 2 aromatic rings. The van der Waals surface area contributed by atoms with Crippen LogP contribution in [-0.4, -0.2) is 4.98 Å². The fraction of sp³-hybridized carbons (Fsp3) is 0.214. The topological polar surface area (TPSA) is 38.9 Å². The van der Waals surface area contributed by atoms with Crippen molar-refractivity contribution in [3.63, 3.8) is 0 Å². The summed E-state index contributed by atoms with van der Waals surface area (Å²) in [6.45, 7) is 1.99.